The van der Waals surface area contributed by atoms with Crippen LogP contribution in [0.1, 0.15) is 45.1 Å². The summed E-state index contributed by atoms with van der Waals surface area (Å²) in [5.41, 5.74) is 0.759. The molecule has 0 unspecified atom stereocenters. The number of ether oxygens (including phenoxy) is 1. The fourth-order valence-electron chi connectivity index (χ4n) is 4.23. The van der Waals surface area contributed by atoms with Gasteiger partial charge in [0.15, 0.2) is 11.6 Å². The normalized spacial score (nSPS) is 15.6. The van der Waals surface area contributed by atoms with Gasteiger partial charge < -0.3 is 15.0 Å². The van der Waals surface area contributed by atoms with Crippen LogP contribution in [-0.4, -0.2) is 60.2 Å². The number of benzene rings is 1. The second-order valence-electron chi connectivity index (χ2n) is 8.59. The number of aromatic nitrogens is 2. The molecule has 1 aliphatic carbocycles. The van der Waals surface area contributed by atoms with Gasteiger partial charge in [0.05, 0.1) is 18.7 Å². The number of nitrogens with zero attached hydrogens (tertiary/aromatic N) is 5. The average molecular weight is 491 g/mol. The molecule has 2 heterocycles. The largest absolute Gasteiger partial charge is 0.494 e. The second kappa shape index (κ2) is 10.7. The summed E-state index contributed by atoms with van der Waals surface area (Å²) in [5.74, 6) is 0.460. The highest BCUT2D eigenvalue weighted by Gasteiger charge is 2.43. The Morgan fingerprint density at radius 1 is 1.26 bits per heavy atom. The van der Waals surface area contributed by atoms with Gasteiger partial charge in [-0.15, -0.1) is 0 Å². The molecule has 0 atom stereocenters. The number of carbonyl (C=O) groups excluding carboxylic acids is 1. The summed E-state index contributed by atoms with van der Waals surface area (Å²) in [6.45, 7) is 8.43. The van der Waals surface area contributed by atoms with Gasteiger partial charge in [-0.1, -0.05) is 25.4 Å². The highest BCUT2D eigenvalue weighted by atomic mass is 35.5. The average Bonchev–Trinajstić information content (AvgIpc) is 3.67. The summed E-state index contributed by atoms with van der Waals surface area (Å²) in [6, 6.07) is 2.68. The van der Waals surface area contributed by atoms with Gasteiger partial charge in [0.2, 0.25) is 5.95 Å². The molecule has 1 saturated carbocycles. The highest BCUT2D eigenvalue weighted by Crippen LogP contribution is 2.42. The topological polar surface area (TPSA) is 73.8 Å². The van der Waals surface area contributed by atoms with Crippen LogP contribution in [-0.2, 0) is 6.54 Å². The molecule has 0 spiro atoms. The Bertz CT molecular complexity index is 1030. The number of fused-ring (bicyclic) bond motifs is 1. The van der Waals surface area contributed by atoms with Crippen LogP contribution in [0.3, 0.4) is 0 Å². The van der Waals surface area contributed by atoms with E-state index in [0.717, 1.165) is 57.4 Å². The molecule has 1 aromatic heterocycles. The third-order valence-corrected chi connectivity index (χ3v) is 6.65. The summed E-state index contributed by atoms with van der Waals surface area (Å²) < 4.78 is 20.2. The molecule has 1 fully saturated rings. The van der Waals surface area contributed by atoms with Crippen LogP contribution in [0.4, 0.5) is 26.6 Å². The van der Waals surface area contributed by atoms with E-state index in [9.17, 15) is 4.79 Å². The maximum absolute atomic E-state index is 15.1. The van der Waals surface area contributed by atoms with Crippen molar-refractivity contribution in [3.05, 3.63) is 34.7 Å². The van der Waals surface area contributed by atoms with Gasteiger partial charge in [-0.3, -0.25) is 9.80 Å². The summed E-state index contributed by atoms with van der Waals surface area (Å²) in [4.78, 5) is 28.0. The minimum Gasteiger partial charge on any atom is -0.494 e. The summed E-state index contributed by atoms with van der Waals surface area (Å²) in [5, 5.41) is 3.43. The molecule has 8 nitrogen and oxygen atoms in total. The number of amides is 2. The lowest BCUT2D eigenvalue weighted by atomic mass is 10.1. The zero-order valence-corrected chi connectivity index (χ0v) is 20.7. The molecule has 0 radical (unpaired) electrons. The lowest BCUT2D eigenvalue weighted by Gasteiger charge is -2.36. The lowest BCUT2D eigenvalue weighted by molar-refractivity contribution is 0.249. The number of hydrogen-bond acceptors (Lipinski definition) is 6. The standard InChI is InChI=1S/C24H32ClFN6O2/c1-4-30(5-2)13-7-6-12-27-23-28-14-16-15-31(21-18(25)10-11-19(34-3)20(21)26)24(33)32(17-8-9-17)22(16)29-23/h10-11,14,17H,4-9,12-13,15H2,1-3H3,(H,27,28,29). The van der Waals surface area contributed by atoms with Gasteiger partial charge >= 0.3 is 6.03 Å². The van der Waals surface area contributed by atoms with Gasteiger partial charge in [0.25, 0.3) is 0 Å². The van der Waals surface area contributed by atoms with E-state index in [4.69, 9.17) is 16.3 Å². The number of nitrogens with one attached hydrogen (secondary N) is 1. The lowest BCUT2D eigenvalue weighted by Crippen LogP contribution is -2.49. The number of rotatable bonds is 11. The molecule has 34 heavy (non-hydrogen) atoms. The molecule has 184 valence electrons. The van der Waals surface area contributed by atoms with E-state index in [1.54, 1.807) is 11.1 Å². The zero-order chi connectivity index (χ0) is 24.2. The van der Waals surface area contributed by atoms with E-state index >= 15 is 4.39 Å². The first-order chi connectivity index (χ1) is 16.5. The Morgan fingerprint density at radius 2 is 2.03 bits per heavy atom. The minimum atomic E-state index is -0.661. The van der Waals surface area contributed by atoms with Crippen molar-refractivity contribution in [2.45, 2.75) is 52.1 Å². The van der Waals surface area contributed by atoms with Crippen molar-refractivity contribution < 1.29 is 13.9 Å². The molecule has 2 aromatic rings. The Labute approximate surface area is 205 Å². The van der Waals surface area contributed by atoms with E-state index in [0.29, 0.717) is 11.8 Å². The molecular formula is C24H32ClFN6O2. The Balaban J connectivity index is 1.52. The van der Waals surface area contributed by atoms with Gasteiger partial charge in [-0.25, -0.2) is 14.2 Å². The molecule has 2 aliphatic rings. The van der Waals surface area contributed by atoms with E-state index in [1.165, 1.54) is 24.1 Å². The smallest absolute Gasteiger partial charge is 0.330 e. The first-order valence-corrected chi connectivity index (χ1v) is 12.3. The predicted octanol–water partition coefficient (Wildman–Crippen LogP) is 4.92. The molecule has 1 N–H and O–H groups in total. The molecule has 0 saturated heterocycles. The summed E-state index contributed by atoms with van der Waals surface area (Å²) >= 11 is 6.32. The quantitative estimate of drug-likeness (QED) is 0.451. The monoisotopic (exact) mass is 490 g/mol. The van der Waals surface area contributed by atoms with Crippen molar-refractivity contribution in [2.75, 3.05) is 48.4 Å². The zero-order valence-electron chi connectivity index (χ0n) is 20.0. The van der Waals surface area contributed by atoms with Crippen molar-refractivity contribution in [3.8, 4) is 5.75 Å². The molecule has 1 aromatic carbocycles. The van der Waals surface area contributed by atoms with Crippen molar-refractivity contribution in [3.63, 3.8) is 0 Å². The molecule has 2 amide bonds. The minimum absolute atomic E-state index is 0.0118. The van der Waals surface area contributed by atoms with E-state index in [1.807, 2.05) is 0 Å². The Morgan fingerprint density at radius 3 is 2.71 bits per heavy atom. The van der Waals surface area contributed by atoms with Crippen LogP contribution in [0.5, 0.6) is 5.75 Å². The Hall–Kier alpha value is -2.65. The maximum Gasteiger partial charge on any atom is 0.330 e. The number of anilines is 3. The number of methoxy groups -OCH3 is 1. The van der Waals surface area contributed by atoms with E-state index in [-0.39, 0.29) is 35.1 Å². The third-order valence-electron chi connectivity index (χ3n) is 6.35. The Kier molecular flexibility index (Phi) is 7.73. The van der Waals surface area contributed by atoms with E-state index in [2.05, 4.69) is 34.0 Å². The van der Waals surface area contributed by atoms with Crippen LogP contribution in [0.2, 0.25) is 5.02 Å². The molecule has 0 bridgehead atoms. The van der Waals surface area contributed by atoms with Crippen molar-refractivity contribution in [2.24, 2.45) is 0 Å². The number of urea groups is 1. The highest BCUT2D eigenvalue weighted by molar-refractivity contribution is 6.34. The second-order valence-corrected chi connectivity index (χ2v) is 8.99. The summed E-state index contributed by atoms with van der Waals surface area (Å²) in [7, 11) is 1.38. The van der Waals surface area contributed by atoms with Crippen LogP contribution >= 0.6 is 11.6 Å². The fourth-order valence-corrected chi connectivity index (χ4v) is 4.47. The third kappa shape index (κ3) is 5.05. The molecule has 1 aliphatic heterocycles. The van der Waals surface area contributed by atoms with Gasteiger partial charge in [0, 0.05) is 24.3 Å². The first-order valence-electron chi connectivity index (χ1n) is 11.9. The number of unbranched alkanes of at least 4 members (excludes halogenated alkanes) is 1. The number of hydrogen-bond donors (Lipinski definition) is 1. The van der Waals surface area contributed by atoms with Gasteiger partial charge in [0.1, 0.15) is 11.5 Å². The molecular weight excluding hydrogens is 459 g/mol. The SMILES string of the molecule is CCN(CC)CCCCNc1ncc2c(n1)N(C1CC1)C(=O)N(c1c(Cl)ccc(OC)c1F)C2. The number of carbonyl (C=O) groups is 1. The van der Waals surface area contributed by atoms with Crippen molar-refractivity contribution >= 4 is 35.1 Å². The molecule has 4 rings (SSSR count). The first kappa shape index (κ1) is 24.5. The van der Waals surface area contributed by atoms with Crippen LogP contribution in [0, 0.1) is 5.82 Å². The van der Waals surface area contributed by atoms with Crippen molar-refractivity contribution in [1.29, 1.82) is 0 Å². The van der Waals surface area contributed by atoms with Crippen LogP contribution in [0.25, 0.3) is 0 Å². The number of halogens is 2. The van der Waals surface area contributed by atoms with E-state index < -0.39 is 5.82 Å². The van der Waals surface area contributed by atoms with Crippen LogP contribution < -0.4 is 19.9 Å². The maximum atomic E-state index is 15.1. The molecule has 10 heteroatoms. The van der Waals surface area contributed by atoms with Gasteiger partial charge in [-0.2, -0.15) is 4.98 Å². The summed E-state index contributed by atoms with van der Waals surface area (Å²) in [6.07, 6.45) is 5.57. The van der Waals surface area contributed by atoms with Crippen molar-refractivity contribution in [1.82, 2.24) is 14.9 Å². The fraction of sp³-hybridized carbons (Fsp3) is 0.542. The predicted molar refractivity (Wildman–Crippen MR) is 133 cm³/mol. The van der Waals surface area contributed by atoms with Gasteiger partial charge in [-0.05, 0) is 57.5 Å². The van der Waals surface area contributed by atoms with Crippen LogP contribution in [0.15, 0.2) is 18.3 Å².